The van der Waals surface area contributed by atoms with Gasteiger partial charge in [-0.2, -0.15) is 0 Å². The third-order valence-electron chi connectivity index (χ3n) is 0.725. The van der Waals surface area contributed by atoms with E-state index in [1.807, 2.05) is 25.2 Å². The first-order valence-electron chi connectivity index (χ1n) is 2.79. The van der Waals surface area contributed by atoms with E-state index in [0.29, 0.717) is 0 Å². The normalized spacial score (nSPS) is 13.1. The molecular formula is C7H11Cl. The minimum atomic E-state index is 0.829. The van der Waals surface area contributed by atoms with E-state index in [9.17, 15) is 0 Å². The molecule has 46 valence electrons. The van der Waals surface area contributed by atoms with Gasteiger partial charge in [-0.25, -0.2) is 0 Å². The van der Waals surface area contributed by atoms with Crippen LogP contribution >= 0.6 is 11.6 Å². The van der Waals surface area contributed by atoms with E-state index in [1.54, 1.807) is 0 Å². The fourth-order valence-electron chi connectivity index (χ4n) is 0.422. The zero-order valence-corrected chi connectivity index (χ0v) is 6.07. The Morgan fingerprint density at radius 2 is 2.25 bits per heavy atom. The van der Waals surface area contributed by atoms with Crippen LogP contribution in [-0.2, 0) is 0 Å². The first-order chi connectivity index (χ1) is 3.81. The summed E-state index contributed by atoms with van der Waals surface area (Å²) in [6, 6.07) is 0. The Morgan fingerprint density at radius 1 is 1.62 bits per heavy atom. The standard InChI is InChI=1S/C7H11Cl/c1-3-5-7(8)6-4-2/h3,5-6H,4H2,1-2H3. The van der Waals surface area contributed by atoms with Gasteiger partial charge in [0.05, 0.1) is 0 Å². The lowest BCUT2D eigenvalue weighted by Gasteiger charge is -1.82. The fourth-order valence-corrected chi connectivity index (χ4v) is 0.703. The van der Waals surface area contributed by atoms with Gasteiger partial charge < -0.3 is 0 Å². The fraction of sp³-hybridized carbons (Fsp3) is 0.429. The number of hydrogen-bond acceptors (Lipinski definition) is 0. The average Bonchev–Trinajstić information content (AvgIpc) is 1.68. The summed E-state index contributed by atoms with van der Waals surface area (Å²) in [5, 5.41) is 0.829. The summed E-state index contributed by atoms with van der Waals surface area (Å²) in [5.74, 6) is 0. The second kappa shape index (κ2) is 4.92. The maximum Gasteiger partial charge on any atom is 0.0362 e. The predicted octanol–water partition coefficient (Wildman–Crippen LogP) is 3.10. The number of halogens is 1. The minimum Gasteiger partial charge on any atom is -0.0862 e. The smallest absolute Gasteiger partial charge is 0.0362 e. The van der Waals surface area contributed by atoms with Gasteiger partial charge in [-0.1, -0.05) is 30.7 Å². The number of hydrogen-bond donors (Lipinski definition) is 0. The minimum absolute atomic E-state index is 0.829. The highest BCUT2D eigenvalue weighted by atomic mass is 35.5. The SMILES string of the molecule is CC=CC(Cl)=CCC. The van der Waals surface area contributed by atoms with Gasteiger partial charge >= 0.3 is 0 Å². The molecule has 0 unspecified atom stereocenters. The van der Waals surface area contributed by atoms with Crippen molar-refractivity contribution in [3.8, 4) is 0 Å². The molecule has 0 saturated heterocycles. The maximum atomic E-state index is 5.66. The molecule has 0 rings (SSSR count). The van der Waals surface area contributed by atoms with Gasteiger partial charge in [0.25, 0.3) is 0 Å². The molecule has 0 aliphatic carbocycles. The molecule has 0 saturated carbocycles. The molecule has 0 aliphatic heterocycles. The molecule has 0 bridgehead atoms. The number of allylic oxidation sites excluding steroid dienone is 4. The van der Waals surface area contributed by atoms with Crippen LogP contribution in [0.4, 0.5) is 0 Å². The third-order valence-corrected chi connectivity index (χ3v) is 1.01. The van der Waals surface area contributed by atoms with Crippen LogP contribution in [0.5, 0.6) is 0 Å². The average molecular weight is 131 g/mol. The molecule has 0 amide bonds. The van der Waals surface area contributed by atoms with Crippen LogP contribution in [-0.4, -0.2) is 0 Å². The molecule has 1 heteroatoms. The van der Waals surface area contributed by atoms with Crippen molar-refractivity contribution in [2.24, 2.45) is 0 Å². The first kappa shape index (κ1) is 7.77. The Balaban J connectivity index is 3.61. The van der Waals surface area contributed by atoms with Crippen molar-refractivity contribution in [3.05, 3.63) is 23.3 Å². The van der Waals surface area contributed by atoms with Crippen LogP contribution in [0.2, 0.25) is 0 Å². The summed E-state index contributed by atoms with van der Waals surface area (Å²) in [4.78, 5) is 0. The van der Waals surface area contributed by atoms with E-state index in [-0.39, 0.29) is 0 Å². The molecule has 0 aromatic rings. The Labute approximate surface area is 55.9 Å². The van der Waals surface area contributed by atoms with Crippen LogP contribution in [0.25, 0.3) is 0 Å². The summed E-state index contributed by atoms with van der Waals surface area (Å²) in [7, 11) is 0. The predicted molar refractivity (Wildman–Crippen MR) is 39.0 cm³/mol. The van der Waals surface area contributed by atoms with Gasteiger partial charge in [0.1, 0.15) is 0 Å². The van der Waals surface area contributed by atoms with Crippen molar-refractivity contribution in [1.29, 1.82) is 0 Å². The molecule has 0 nitrogen and oxygen atoms in total. The second-order valence-electron chi connectivity index (χ2n) is 1.50. The quantitative estimate of drug-likeness (QED) is 0.504. The molecule has 0 N–H and O–H groups in total. The molecule has 0 aromatic heterocycles. The van der Waals surface area contributed by atoms with Gasteiger partial charge in [-0.15, -0.1) is 0 Å². The summed E-state index contributed by atoms with van der Waals surface area (Å²) < 4.78 is 0. The van der Waals surface area contributed by atoms with Crippen LogP contribution in [0.1, 0.15) is 20.3 Å². The van der Waals surface area contributed by atoms with E-state index >= 15 is 0 Å². The molecule has 0 radical (unpaired) electrons. The van der Waals surface area contributed by atoms with Gasteiger partial charge in [-0.05, 0) is 19.4 Å². The third kappa shape index (κ3) is 3.94. The first-order valence-corrected chi connectivity index (χ1v) is 3.17. The Hall–Kier alpha value is -0.230. The zero-order chi connectivity index (χ0) is 6.41. The van der Waals surface area contributed by atoms with Crippen molar-refractivity contribution in [2.45, 2.75) is 20.3 Å². The van der Waals surface area contributed by atoms with Gasteiger partial charge in [0, 0.05) is 5.03 Å². The number of rotatable bonds is 2. The van der Waals surface area contributed by atoms with Crippen LogP contribution < -0.4 is 0 Å². The maximum absolute atomic E-state index is 5.66. The summed E-state index contributed by atoms with van der Waals surface area (Å²) in [5.41, 5.74) is 0. The van der Waals surface area contributed by atoms with E-state index in [0.717, 1.165) is 11.5 Å². The van der Waals surface area contributed by atoms with Crippen molar-refractivity contribution in [3.63, 3.8) is 0 Å². The highest BCUT2D eigenvalue weighted by molar-refractivity contribution is 6.31. The molecular weight excluding hydrogens is 120 g/mol. The Morgan fingerprint density at radius 3 is 2.62 bits per heavy atom. The van der Waals surface area contributed by atoms with Crippen LogP contribution in [0.3, 0.4) is 0 Å². The summed E-state index contributed by atoms with van der Waals surface area (Å²) in [6.45, 7) is 4.01. The molecule has 0 spiro atoms. The van der Waals surface area contributed by atoms with E-state index < -0.39 is 0 Å². The van der Waals surface area contributed by atoms with Crippen LogP contribution in [0, 0.1) is 0 Å². The van der Waals surface area contributed by atoms with Gasteiger partial charge in [-0.3, -0.25) is 0 Å². The lowest BCUT2D eigenvalue weighted by Crippen LogP contribution is -1.60. The van der Waals surface area contributed by atoms with Gasteiger partial charge in [0.2, 0.25) is 0 Å². The highest BCUT2D eigenvalue weighted by Gasteiger charge is 1.77. The van der Waals surface area contributed by atoms with E-state index in [1.165, 1.54) is 0 Å². The van der Waals surface area contributed by atoms with E-state index in [2.05, 4.69) is 6.92 Å². The van der Waals surface area contributed by atoms with Crippen molar-refractivity contribution >= 4 is 11.6 Å². The van der Waals surface area contributed by atoms with Crippen LogP contribution in [0.15, 0.2) is 23.3 Å². The summed E-state index contributed by atoms with van der Waals surface area (Å²) >= 11 is 5.66. The molecule has 0 atom stereocenters. The zero-order valence-electron chi connectivity index (χ0n) is 5.32. The van der Waals surface area contributed by atoms with Gasteiger partial charge in [0.15, 0.2) is 0 Å². The Kier molecular flexibility index (Phi) is 4.78. The van der Waals surface area contributed by atoms with Crippen molar-refractivity contribution in [1.82, 2.24) is 0 Å². The lowest BCUT2D eigenvalue weighted by atomic mass is 10.4. The highest BCUT2D eigenvalue weighted by Crippen LogP contribution is 2.03. The second-order valence-corrected chi connectivity index (χ2v) is 1.93. The van der Waals surface area contributed by atoms with Crippen molar-refractivity contribution in [2.75, 3.05) is 0 Å². The van der Waals surface area contributed by atoms with Crippen molar-refractivity contribution < 1.29 is 0 Å². The largest absolute Gasteiger partial charge is 0.0862 e. The molecule has 8 heavy (non-hydrogen) atoms. The molecule has 0 aliphatic rings. The molecule has 0 fully saturated rings. The monoisotopic (exact) mass is 130 g/mol. The molecule has 0 aromatic carbocycles. The Bertz CT molecular complexity index is 101. The summed E-state index contributed by atoms with van der Waals surface area (Å²) in [6.07, 6.45) is 6.78. The molecule has 0 heterocycles. The lowest BCUT2D eigenvalue weighted by molar-refractivity contribution is 1.22. The van der Waals surface area contributed by atoms with E-state index in [4.69, 9.17) is 11.6 Å². The topological polar surface area (TPSA) is 0 Å².